The van der Waals surface area contributed by atoms with Crippen molar-refractivity contribution in [1.29, 1.82) is 0 Å². The molecule has 21 heavy (non-hydrogen) atoms. The molecule has 1 atom stereocenters. The molecule has 0 bridgehead atoms. The second-order valence-electron chi connectivity index (χ2n) is 5.37. The molecule has 1 heterocycles. The van der Waals surface area contributed by atoms with Crippen LogP contribution in [0.4, 0.5) is 14.5 Å². The maximum atomic E-state index is 12.5. The van der Waals surface area contributed by atoms with E-state index in [0.29, 0.717) is 22.9 Å². The third-order valence-corrected chi connectivity index (χ3v) is 3.84. The molecule has 2 N–H and O–H groups in total. The van der Waals surface area contributed by atoms with E-state index in [1.54, 1.807) is 24.4 Å². The smallest absolute Gasteiger partial charge is 0.387 e. The largest absolute Gasteiger partial charge is 0.434 e. The van der Waals surface area contributed by atoms with Gasteiger partial charge < -0.3 is 10.5 Å². The van der Waals surface area contributed by atoms with Crippen molar-refractivity contribution in [2.75, 3.05) is 5.73 Å². The highest BCUT2D eigenvalue weighted by Crippen LogP contribution is 2.41. The first-order chi connectivity index (χ1) is 10.1. The van der Waals surface area contributed by atoms with Crippen LogP contribution >= 0.6 is 0 Å². The molecule has 1 aromatic heterocycles. The second kappa shape index (κ2) is 5.35. The average Bonchev–Trinajstić information content (AvgIpc) is 3.21. The molecule has 4 nitrogen and oxygen atoms in total. The SMILES string of the molecule is CC(C1CC1)n1cc(N)c(-c2ccccc2OC(F)F)n1. The van der Waals surface area contributed by atoms with E-state index < -0.39 is 6.61 Å². The molecule has 0 spiro atoms. The number of benzene rings is 1. The normalized spacial score (nSPS) is 16.2. The summed E-state index contributed by atoms with van der Waals surface area (Å²) in [4.78, 5) is 0. The first kappa shape index (κ1) is 13.9. The number of anilines is 1. The predicted octanol–water partition coefficient (Wildman–Crippen LogP) is 3.70. The highest BCUT2D eigenvalue weighted by atomic mass is 19.3. The van der Waals surface area contributed by atoms with Crippen LogP contribution in [0.3, 0.4) is 0 Å². The third-order valence-electron chi connectivity index (χ3n) is 3.84. The van der Waals surface area contributed by atoms with Crippen LogP contribution < -0.4 is 10.5 Å². The van der Waals surface area contributed by atoms with Crippen molar-refractivity contribution in [2.45, 2.75) is 32.4 Å². The van der Waals surface area contributed by atoms with Crippen LogP contribution in [-0.4, -0.2) is 16.4 Å². The summed E-state index contributed by atoms with van der Waals surface area (Å²) in [5.41, 5.74) is 7.44. The quantitative estimate of drug-likeness (QED) is 0.914. The molecular formula is C15H17F2N3O. The highest BCUT2D eigenvalue weighted by Gasteiger charge is 2.30. The lowest BCUT2D eigenvalue weighted by Gasteiger charge is -2.11. The van der Waals surface area contributed by atoms with Gasteiger partial charge in [0.15, 0.2) is 0 Å². The molecule has 6 heteroatoms. The van der Waals surface area contributed by atoms with E-state index in [4.69, 9.17) is 5.73 Å². The van der Waals surface area contributed by atoms with Gasteiger partial charge in [-0.3, -0.25) is 4.68 Å². The molecule has 0 aliphatic heterocycles. The first-order valence-corrected chi connectivity index (χ1v) is 6.95. The fourth-order valence-corrected chi connectivity index (χ4v) is 2.48. The molecule has 1 fully saturated rings. The van der Waals surface area contributed by atoms with E-state index in [0.717, 1.165) is 0 Å². The number of hydrogen-bond donors (Lipinski definition) is 1. The molecule has 1 aromatic carbocycles. The Hall–Kier alpha value is -2.11. The number of halogens is 2. The summed E-state index contributed by atoms with van der Waals surface area (Å²) in [5.74, 6) is 0.716. The average molecular weight is 293 g/mol. The Balaban J connectivity index is 1.96. The Kier molecular flexibility index (Phi) is 3.53. The van der Waals surface area contributed by atoms with Crippen molar-refractivity contribution < 1.29 is 13.5 Å². The summed E-state index contributed by atoms with van der Waals surface area (Å²) in [7, 11) is 0. The summed E-state index contributed by atoms with van der Waals surface area (Å²) >= 11 is 0. The van der Waals surface area contributed by atoms with Gasteiger partial charge in [-0.1, -0.05) is 12.1 Å². The number of para-hydroxylation sites is 1. The molecule has 1 saturated carbocycles. The number of rotatable bonds is 5. The molecule has 0 saturated heterocycles. The van der Waals surface area contributed by atoms with E-state index in [1.165, 1.54) is 18.9 Å². The van der Waals surface area contributed by atoms with Crippen LogP contribution in [0.25, 0.3) is 11.3 Å². The minimum absolute atomic E-state index is 0.0866. The fourth-order valence-electron chi connectivity index (χ4n) is 2.48. The van der Waals surface area contributed by atoms with Gasteiger partial charge in [-0.05, 0) is 37.8 Å². The van der Waals surface area contributed by atoms with Crippen LogP contribution in [0.5, 0.6) is 5.75 Å². The molecule has 1 aliphatic carbocycles. The van der Waals surface area contributed by atoms with Crippen molar-refractivity contribution in [3.8, 4) is 17.0 Å². The van der Waals surface area contributed by atoms with Crippen LogP contribution in [0.2, 0.25) is 0 Å². The zero-order valence-corrected chi connectivity index (χ0v) is 11.7. The number of nitrogen functional groups attached to an aromatic ring is 1. The van der Waals surface area contributed by atoms with Crippen molar-refractivity contribution in [1.82, 2.24) is 9.78 Å². The van der Waals surface area contributed by atoms with E-state index in [2.05, 4.69) is 16.8 Å². The number of ether oxygens (including phenoxy) is 1. The van der Waals surface area contributed by atoms with Crippen LogP contribution in [-0.2, 0) is 0 Å². The van der Waals surface area contributed by atoms with Gasteiger partial charge in [-0.25, -0.2) is 0 Å². The third kappa shape index (κ3) is 2.84. The Morgan fingerprint density at radius 2 is 2.05 bits per heavy atom. The molecule has 112 valence electrons. The van der Waals surface area contributed by atoms with Crippen LogP contribution in [0.15, 0.2) is 30.5 Å². The van der Waals surface area contributed by atoms with Gasteiger partial charge in [0, 0.05) is 11.8 Å². The molecule has 0 amide bonds. The van der Waals surface area contributed by atoms with Crippen molar-refractivity contribution in [2.24, 2.45) is 5.92 Å². The number of alkyl halides is 2. The van der Waals surface area contributed by atoms with Crippen molar-refractivity contribution in [3.63, 3.8) is 0 Å². The van der Waals surface area contributed by atoms with Crippen LogP contribution in [0.1, 0.15) is 25.8 Å². The minimum atomic E-state index is -2.88. The Labute approximate surface area is 121 Å². The summed E-state index contributed by atoms with van der Waals surface area (Å²) in [6.45, 7) is -0.782. The second-order valence-corrected chi connectivity index (χ2v) is 5.37. The molecule has 2 aromatic rings. The van der Waals surface area contributed by atoms with Gasteiger partial charge in [0.25, 0.3) is 0 Å². The van der Waals surface area contributed by atoms with Gasteiger partial charge in [0.2, 0.25) is 0 Å². The lowest BCUT2D eigenvalue weighted by Crippen LogP contribution is -2.08. The van der Waals surface area contributed by atoms with E-state index in [9.17, 15) is 8.78 Å². The summed E-state index contributed by atoms with van der Waals surface area (Å²) in [5, 5.41) is 4.48. The van der Waals surface area contributed by atoms with Gasteiger partial charge in [-0.2, -0.15) is 13.9 Å². The molecule has 1 aliphatic rings. The zero-order chi connectivity index (χ0) is 15.0. The summed E-state index contributed by atoms with van der Waals surface area (Å²) in [6.07, 6.45) is 4.15. The van der Waals surface area contributed by atoms with E-state index in [-0.39, 0.29) is 11.8 Å². The van der Waals surface area contributed by atoms with Gasteiger partial charge >= 0.3 is 6.61 Å². The highest BCUT2D eigenvalue weighted by molar-refractivity contribution is 5.76. The number of hydrogen-bond acceptors (Lipinski definition) is 3. The molecule has 3 rings (SSSR count). The molecular weight excluding hydrogens is 276 g/mol. The van der Waals surface area contributed by atoms with Crippen LogP contribution in [0, 0.1) is 5.92 Å². The lowest BCUT2D eigenvalue weighted by molar-refractivity contribution is -0.0494. The maximum Gasteiger partial charge on any atom is 0.387 e. The minimum Gasteiger partial charge on any atom is -0.434 e. The Morgan fingerprint density at radius 1 is 1.33 bits per heavy atom. The van der Waals surface area contributed by atoms with Crippen molar-refractivity contribution in [3.05, 3.63) is 30.5 Å². The van der Waals surface area contributed by atoms with E-state index >= 15 is 0 Å². The van der Waals surface area contributed by atoms with Gasteiger partial charge in [-0.15, -0.1) is 0 Å². The summed E-state index contributed by atoms with van der Waals surface area (Å²) in [6, 6.07) is 6.83. The zero-order valence-electron chi connectivity index (χ0n) is 11.7. The number of nitrogens with two attached hydrogens (primary N) is 1. The van der Waals surface area contributed by atoms with Crippen molar-refractivity contribution >= 4 is 5.69 Å². The monoisotopic (exact) mass is 293 g/mol. The fraction of sp³-hybridized carbons (Fsp3) is 0.400. The molecule has 0 radical (unpaired) electrons. The summed E-state index contributed by atoms with van der Waals surface area (Å²) < 4.78 is 31.3. The van der Waals surface area contributed by atoms with E-state index in [1.807, 2.05) is 4.68 Å². The standard InChI is InChI=1S/C15H17F2N3O/c1-9(10-6-7-10)20-8-12(18)14(19-20)11-4-2-3-5-13(11)21-15(16)17/h2-5,8-10,15H,6-7,18H2,1H3. The number of nitrogens with zero attached hydrogens (tertiary/aromatic N) is 2. The topological polar surface area (TPSA) is 53.1 Å². The predicted molar refractivity (Wildman–Crippen MR) is 76.1 cm³/mol. The first-order valence-electron chi connectivity index (χ1n) is 6.95. The maximum absolute atomic E-state index is 12.5. The Morgan fingerprint density at radius 3 is 2.71 bits per heavy atom. The molecule has 1 unspecified atom stereocenters. The number of aromatic nitrogens is 2. The van der Waals surface area contributed by atoms with Gasteiger partial charge in [0.05, 0.1) is 11.7 Å². The Bertz CT molecular complexity index is 638. The van der Waals surface area contributed by atoms with Gasteiger partial charge in [0.1, 0.15) is 11.4 Å². The lowest BCUT2D eigenvalue weighted by atomic mass is 10.1.